The lowest BCUT2D eigenvalue weighted by molar-refractivity contribution is -0.140. The fraction of sp³-hybridized carbons (Fsp3) is 0.286. The third kappa shape index (κ3) is 2.63. The van der Waals surface area contributed by atoms with Crippen molar-refractivity contribution in [2.75, 3.05) is 13.7 Å². The molecule has 104 valence electrons. The number of aliphatic imine (C=N–C) groups is 1. The number of Topliss-reactive ketones (excluding diaryl/α,β-unsaturated/α-hetero) is 2. The largest absolute Gasteiger partial charge is 0.469 e. The normalized spacial score (nSPS) is 19.9. The lowest BCUT2D eigenvalue weighted by atomic mass is 9.88. The molecular weight excluding hydrogens is 282 g/mol. The molecule has 6 heteroatoms. The van der Waals surface area contributed by atoms with Gasteiger partial charge in [-0.15, -0.1) is 11.6 Å². The second kappa shape index (κ2) is 5.96. The van der Waals surface area contributed by atoms with Crippen molar-refractivity contribution in [3.05, 3.63) is 35.4 Å². The first-order valence-corrected chi connectivity index (χ1v) is 6.43. The van der Waals surface area contributed by atoms with Crippen molar-refractivity contribution in [2.45, 2.75) is 11.8 Å². The summed E-state index contributed by atoms with van der Waals surface area (Å²) in [6, 6.07) is 6.47. The summed E-state index contributed by atoms with van der Waals surface area (Å²) in [5.74, 6) is -1.15. The zero-order valence-electron chi connectivity index (χ0n) is 10.8. The fourth-order valence-corrected chi connectivity index (χ4v) is 2.22. The molecule has 0 spiro atoms. The zero-order chi connectivity index (χ0) is 14.7. The number of ether oxygens (including phenoxy) is 1. The first-order chi connectivity index (χ1) is 9.56. The molecule has 0 fully saturated rings. The lowest BCUT2D eigenvalue weighted by Crippen LogP contribution is -2.38. The summed E-state index contributed by atoms with van der Waals surface area (Å²) in [5.41, 5.74) is 0.593. The average Bonchev–Trinajstić information content (AvgIpc) is 2.48. The first-order valence-electron chi connectivity index (χ1n) is 5.99. The van der Waals surface area contributed by atoms with Crippen molar-refractivity contribution in [2.24, 2.45) is 4.99 Å². The molecule has 0 N–H and O–H groups in total. The van der Waals surface area contributed by atoms with Gasteiger partial charge in [0.25, 0.3) is 0 Å². The molecule has 5 nitrogen and oxygen atoms in total. The highest BCUT2D eigenvalue weighted by atomic mass is 35.5. The average molecular weight is 294 g/mol. The number of nitrogens with zero attached hydrogens (tertiary/aromatic N) is 1. The van der Waals surface area contributed by atoms with Crippen LogP contribution in [-0.4, -0.2) is 42.3 Å². The smallest absolute Gasteiger partial charge is 0.307 e. The molecule has 0 radical (unpaired) electrons. The Bertz CT molecular complexity index is 609. The summed E-state index contributed by atoms with van der Waals surface area (Å²) in [7, 11) is 1.27. The molecule has 1 unspecified atom stereocenters. The van der Waals surface area contributed by atoms with Crippen LogP contribution >= 0.6 is 11.6 Å². The van der Waals surface area contributed by atoms with Gasteiger partial charge in [-0.3, -0.25) is 19.4 Å². The van der Waals surface area contributed by atoms with E-state index in [-0.39, 0.29) is 30.2 Å². The Labute approximate surface area is 120 Å². The molecule has 1 atom stereocenters. The summed E-state index contributed by atoms with van der Waals surface area (Å²) in [5, 5.41) is -1.10. The Balaban J connectivity index is 2.28. The van der Waals surface area contributed by atoms with Crippen LogP contribution in [0, 0.1) is 0 Å². The highest BCUT2D eigenvalue weighted by Crippen LogP contribution is 2.23. The first kappa shape index (κ1) is 14.4. The van der Waals surface area contributed by atoms with E-state index < -0.39 is 11.3 Å². The van der Waals surface area contributed by atoms with Crippen molar-refractivity contribution in [1.29, 1.82) is 0 Å². The molecule has 0 aliphatic heterocycles. The highest BCUT2D eigenvalue weighted by Gasteiger charge is 2.36. The van der Waals surface area contributed by atoms with Gasteiger partial charge in [0.1, 0.15) is 11.1 Å². The van der Waals surface area contributed by atoms with E-state index in [0.29, 0.717) is 11.1 Å². The quantitative estimate of drug-likeness (QED) is 0.628. The van der Waals surface area contributed by atoms with Gasteiger partial charge in [0.2, 0.25) is 5.78 Å². The number of fused-ring (bicyclic) bond motifs is 1. The molecule has 0 amide bonds. The predicted molar refractivity (Wildman–Crippen MR) is 73.7 cm³/mol. The second-order valence-corrected chi connectivity index (χ2v) is 4.63. The molecule has 0 saturated carbocycles. The van der Waals surface area contributed by atoms with E-state index in [1.807, 2.05) is 0 Å². The predicted octanol–water partition coefficient (Wildman–Crippen LogP) is 1.68. The van der Waals surface area contributed by atoms with Crippen LogP contribution in [0.2, 0.25) is 0 Å². The SMILES string of the molecule is COC(=O)CCN=C1C(=O)c2ccccc2C(=O)C1Cl. The van der Waals surface area contributed by atoms with Crippen molar-refractivity contribution in [1.82, 2.24) is 0 Å². The van der Waals surface area contributed by atoms with Gasteiger partial charge in [0.15, 0.2) is 5.78 Å². The molecule has 0 bridgehead atoms. The Morgan fingerprint density at radius 3 is 2.60 bits per heavy atom. The van der Waals surface area contributed by atoms with Gasteiger partial charge in [0.05, 0.1) is 13.5 Å². The highest BCUT2D eigenvalue weighted by molar-refractivity contribution is 6.64. The third-order valence-electron chi connectivity index (χ3n) is 2.97. The number of methoxy groups -OCH3 is 1. The summed E-state index contributed by atoms with van der Waals surface area (Å²) < 4.78 is 4.48. The van der Waals surface area contributed by atoms with Crippen molar-refractivity contribution in [3.8, 4) is 0 Å². The molecule has 1 aliphatic rings. The van der Waals surface area contributed by atoms with E-state index in [0.717, 1.165) is 0 Å². The van der Waals surface area contributed by atoms with Crippen LogP contribution in [0.15, 0.2) is 29.3 Å². The molecule has 1 aromatic rings. The van der Waals surface area contributed by atoms with E-state index >= 15 is 0 Å². The number of carbonyl (C=O) groups is 3. The maximum absolute atomic E-state index is 12.2. The Morgan fingerprint density at radius 1 is 1.30 bits per heavy atom. The number of ketones is 2. The van der Waals surface area contributed by atoms with Crippen molar-refractivity contribution < 1.29 is 19.1 Å². The Morgan fingerprint density at radius 2 is 1.95 bits per heavy atom. The van der Waals surface area contributed by atoms with Crippen LogP contribution in [0.4, 0.5) is 0 Å². The number of rotatable bonds is 3. The number of alkyl halides is 1. The van der Waals surface area contributed by atoms with Gasteiger partial charge in [0, 0.05) is 17.7 Å². The minimum atomic E-state index is -1.10. The zero-order valence-corrected chi connectivity index (χ0v) is 11.5. The van der Waals surface area contributed by atoms with E-state index in [9.17, 15) is 14.4 Å². The standard InChI is InChI=1S/C14H12ClNO4/c1-20-10(17)6-7-16-12-11(15)13(18)8-4-2-3-5-9(8)14(12)19/h2-5,11H,6-7H2,1H3. The topological polar surface area (TPSA) is 72.8 Å². The lowest BCUT2D eigenvalue weighted by Gasteiger charge is -2.19. The molecule has 2 rings (SSSR count). The molecule has 1 aromatic carbocycles. The second-order valence-electron chi connectivity index (χ2n) is 4.19. The van der Waals surface area contributed by atoms with Crippen LogP contribution in [0.1, 0.15) is 27.1 Å². The van der Waals surface area contributed by atoms with Gasteiger partial charge in [-0.1, -0.05) is 24.3 Å². The number of benzene rings is 1. The van der Waals surface area contributed by atoms with E-state index in [4.69, 9.17) is 11.6 Å². The van der Waals surface area contributed by atoms with Gasteiger partial charge >= 0.3 is 5.97 Å². The van der Waals surface area contributed by atoms with E-state index in [2.05, 4.69) is 9.73 Å². The van der Waals surface area contributed by atoms with Gasteiger partial charge in [-0.2, -0.15) is 0 Å². The summed E-state index contributed by atoms with van der Waals surface area (Å²) in [4.78, 5) is 39.3. The monoisotopic (exact) mass is 293 g/mol. The maximum Gasteiger partial charge on any atom is 0.307 e. The van der Waals surface area contributed by atoms with E-state index in [1.54, 1.807) is 24.3 Å². The van der Waals surface area contributed by atoms with E-state index in [1.165, 1.54) is 7.11 Å². The van der Waals surface area contributed by atoms with Crippen molar-refractivity contribution >= 4 is 34.8 Å². The van der Waals surface area contributed by atoms with Crippen LogP contribution in [0.25, 0.3) is 0 Å². The summed E-state index contributed by atoms with van der Waals surface area (Å²) in [6.45, 7) is 0.0619. The number of halogens is 1. The minimum absolute atomic E-state index is 0.0146. The van der Waals surface area contributed by atoms with Crippen LogP contribution in [-0.2, 0) is 9.53 Å². The number of carbonyl (C=O) groups excluding carboxylic acids is 3. The maximum atomic E-state index is 12.2. The number of hydrogen-bond donors (Lipinski definition) is 0. The van der Waals surface area contributed by atoms with Gasteiger partial charge in [-0.05, 0) is 0 Å². The number of esters is 1. The van der Waals surface area contributed by atoms with Crippen LogP contribution < -0.4 is 0 Å². The summed E-state index contributed by atoms with van der Waals surface area (Å²) >= 11 is 5.99. The molecule has 1 aliphatic carbocycles. The molecule has 0 aromatic heterocycles. The van der Waals surface area contributed by atoms with Crippen molar-refractivity contribution in [3.63, 3.8) is 0 Å². The molecule has 20 heavy (non-hydrogen) atoms. The number of hydrogen-bond acceptors (Lipinski definition) is 5. The van der Waals surface area contributed by atoms with Crippen LogP contribution in [0.3, 0.4) is 0 Å². The minimum Gasteiger partial charge on any atom is -0.469 e. The fourth-order valence-electron chi connectivity index (χ4n) is 1.93. The summed E-state index contributed by atoms with van der Waals surface area (Å²) in [6.07, 6.45) is 0.0345. The molecule has 0 saturated heterocycles. The Kier molecular flexibility index (Phi) is 4.29. The Hall–Kier alpha value is -2.01. The van der Waals surface area contributed by atoms with Gasteiger partial charge in [-0.25, -0.2) is 0 Å². The molecular formula is C14H12ClNO4. The molecule has 0 heterocycles. The third-order valence-corrected chi connectivity index (χ3v) is 3.37. The van der Waals surface area contributed by atoms with Gasteiger partial charge < -0.3 is 4.74 Å². The van der Waals surface area contributed by atoms with Crippen LogP contribution in [0.5, 0.6) is 0 Å².